The molecule has 2 aromatic rings. The Hall–Kier alpha value is -3.66. The summed E-state index contributed by atoms with van der Waals surface area (Å²) in [4.78, 5) is 43.5. The highest BCUT2D eigenvalue weighted by atomic mass is 16.1. The Morgan fingerprint density at radius 1 is 1.04 bits per heavy atom. The monoisotopic (exact) mass is 370 g/mol. The molecule has 7 heteroatoms. The van der Waals surface area contributed by atoms with Crippen LogP contribution >= 0.6 is 0 Å². The Bertz CT molecular complexity index is 1160. The summed E-state index contributed by atoms with van der Waals surface area (Å²) in [7, 11) is 0. The molecule has 1 saturated carbocycles. The van der Waals surface area contributed by atoms with E-state index in [-0.39, 0.29) is 39.9 Å². The second kappa shape index (κ2) is 5.92. The second-order valence-electron chi connectivity index (χ2n) is 7.19. The van der Waals surface area contributed by atoms with Crippen LogP contribution < -0.4 is 0 Å². The molecule has 1 aromatic carbocycles. The normalized spacial score (nSPS) is 23.5. The third-order valence-corrected chi connectivity index (χ3v) is 5.69. The topological polar surface area (TPSA) is 116 Å². The molecule has 0 radical (unpaired) electrons. The van der Waals surface area contributed by atoms with Gasteiger partial charge in [-0.25, -0.2) is 0 Å². The lowest BCUT2D eigenvalue weighted by atomic mass is 9.66. The number of aromatic amines is 1. The van der Waals surface area contributed by atoms with Crippen LogP contribution in [0.5, 0.6) is 0 Å². The van der Waals surface area contributed by atoms with Gasteiger partial charge in [0.05, 0.1) is 29.3 Å². The van der Waals surface area contributed by atoms with Crippen LogP contribution in [0.1, 0.15) is 57.2 Å². The van der Waals surface area contributed by atoms with Gasteiger partial charge in [-0.05, 0) is 30.5 Å². The van der Waals surface area contributed by atoms with Gasteiger partial charge in [-0.1, -0.05) is 12.1 Å². The molecule has 0 bridgehead atoms. The third-order valence-electron chi connectivity index (χ3n) is 5.69. The number of nitrogens with one attached hydrogen (secondary N) is 1. The Morgan fingerprint density at radius 3 is 2.57 bits per heavy atom. The lowest BCUT2D eigenvalue weighted by molar-refractivity contribution is -0.121. The quantitative estimate of drug-likeness (QED) is 0.828. The predicted molar refractivity (Wildman–Crippen MR) is 98.0 cm³/mol. The fraction of sp³-hybridized carbons (Fsp3) is 0.238. The summed E-state index contributed by atoms with van der Waals surface area (Å²) in [5.41, 5.74) is 2.60. The summed E-state index contributed by atoms with van der Waals surface area (Å²) >= 11 is 0. The van der Waals surface area contributed by atoms with E-state index in [4.69, 9.17) is 5.26 Å². The van der Waals surface area contributed by atoms with Gasteiger partial charge in [0.25, 0.3) is 0 Å². The molecule has 1 N–H and O–H groups in total. The average molecular weight is 370 g/mol. The molecule has 0 spiro atoms. The number of nitrogens with zero attached hydrogens (tertiary/aromatic N) is 3. The van der Waals surface area contributed by atoms with Gasteiger partial charge in [0.15, 0.2) is 5.78 Å². The molecule has 2 heterocycles. The molecular weight excluding hydrogens is 356 g/mol. The third kappa shape index (κ3) is 2.18. The zero-order chi connectivity index (χ0) is 19.4. The van der Waals surface area contributed by atoms with Gasteiger partial charge in [-0.3, -0.25) is 24.5 Å². The predicted octanol–water partition coefficient (Wildman–Crippen LogP) is 2.52. The number of aromatic nitrogens is 2. The maximum atomic E-state index is 13.2. The van der Waals surface area contributed by atoms with Crippen LogP contribution in [0.25, 0.3) is 0 Å². The van der Waals surface area contributed by atoms with Crippen molar-refractivity contribution in [3.8, 4) is 6.07 Å². The van der Waals surface area contributed by atoms with Gasteiger partial charge in [0.1, 0.15) is 17.2 Å². The zero-order valence-corrected chi connectivity index (χ0v) is 14.7. The number of H-pyrrole nitrogens is 1. The van der Waals surface area contributed by atoms with Crippen molar-refractivity contribution in [2.24, 2.45) is 10.9 Å². The number of hydrogen-bond donors (Lipinski definition) is 1. The second-order valence-corrected chi connectivity index (χ2v) is 7.19. The van der Waals surface area contributed by atoms with E-state index in [1.54, 1.807) is 24.3 Å². The molecule has 28 heavy (non-hydrogen) atoms. The summed E-state index contributed by atoms with van der Waals surface area (Å²) in [5, 5.41) is 15.5. The molecule has 3 aliphatic rings. The van der Waals surface area contributed by atoms with E-state index in [2.05, 4.69) is 21.3 Å². The molecule has 1 aliphatic heterocycles. The van der Waals surface area contributed by atoms with Crippen LogP contribution in [0.15, 0.2) is 46.7 Å². The SMILES string of the molecule is N#Cc1ccc(C2C3=C(N=C4CCCC(=O)C42)C(=O)c2[nH]ncc2C3=O)cc1. The molecule has 2 aliphatic carbocycles. The summed E-state index contributed by atoms with van der Waals surface area (Å²) in [6, 6.07) is 8.89. The van der Waals surface area contributed by atoms with Crippen LogP contribution in [0.2, 0.25) is 0 Å². The van der Waals surface area contributed by atoms with E-state index >= 15 is 0 Å². The first kappa shape index (κ1) is 16.5. The van der Waals surface area contributed by atoms with E-state index in [1.165, 1.54) is 6.20 Å². The first-order valence-electron chi connectivity index (χ1n) is 9.07. The van der Waals surface area contributed by atoms with Crippen molar-refractivity contribution < 1.29 is 14.4 Å². The van der Waals surface area contributed by atoms with Crippen LogP contribution in [-0.2, 0) is 4.79 Å². The number of carbonyl (C=O) groups excluding carboxylic acids is 3. The summed E-state index contributed by atoms with van der Waals surface area (Å²) in [6.07, 6.45) is 3.08. The first-order chi connectivity index (χ1) is 13.6. The van der Waals surface area contributed by atoms with E-state index in [0.717, 1.165) is 5.56 Å². The van der Waals surface area contributed by atoms with Gasteiger partial charge in [0, 0.05) is 23.6 Å². The van der Waals surface area contributed by atoms with Crippen LogP contribution in [0, 0.1) is 17.2 Å². The fourth-order valence-electron chi connectivity index (χ4n) is 4.40. The minimum Gasteiger partial charge on any atom is -0.299 e. The Morgan fingerprint density at radius 2 is 1.82 bits per heavy atom. The largest absolute Gasteiger partial charge is 0.299 e. The van der Waals surface area contributed by atoms with E-state index in [0.29, 0.717) is 30.5 Å². The number of fused-ring (bicyclic) bond motifs is 2. The van der Waals surface area contributed by atoms with Crippen molar-refractivity contribution in [3.63, 3.8) is 0 Å². The maximum absolute atomic E-state index is 13.2. The number of allylic oxidation sites excluding steroid dienone is 2. The Labute approximate surface area is 159 Å². The molecule has 7 nitrogen and oxygen atoms in total. The molecule has 0 saturated heterocycles. The number of rotatable bonds is 1. The number of Topliss-reactive ketones (excluding diaryl/α,β-unsaturated/α-hetero) is 3. The molecule has 136 valence electrons. The van der Waals surface area contributed by atoms with Gasteiger partial charge in [-0.2, -0.15) is 10.4 Å². The van der Waals surface area contributed by atoms with Crippen molar-refractivity contribution in [1.29, 1.82) is 5.26 Å². The Kier molecular flexibility index (Phi) is 3.49. The van der Waals surface area contributed by atoms with Gasteiger partial charge < -0.3 is 0 Å². The number of aliphatic imine (C=N–C) groups is 1. The molecular formula is C21H14N4O3. The van der Waals surface area contributed by atoms with Crippen molar-refractivity contribution in [3.05, 3.63) is 64.1 Å². The van der Waals surface area contributed by atoms with Crippen molar-refractivity contribution in [2.75, 3.05) is 0 Å². The summed E-state index contributed by atoms with van der Waals surface area (Å²) in [6.45, 7) is 0. The highest BCUT2D eigenvalue weighted by molar-refractivity contribution is 6.29. The lowest BCUT2D eigenvalue weighted by Gasteiger charge is -2.37. The van der Waals surface area contributed by atoms with Crippen molar-refractivity contribution in [2.45, 2.75) is 25.2 Å². The van der Waals surface area contributed by atoms with Crippen molar-refractivity contribution >= 4 is 23.1 Å². The van der Waals surface area contributed by atoms with Crippen LogP contribution in [0.4, 0.5) is 0 Å². The molecule has 0 amide bonds. The van der Waals surface area contributed by atoms with E-state index in [1.807, 2.05) is 0 Å². The standard InChI is InChI=1S/C21H14N4O3/c22-8-10-4-6-11(7-5-10)15-16-13(2-1-3-14(16)26)24-19-17(15)20(27)12-9-23-25-18(12)21(19)28/h4-7,9,15-16H,1-3H2,(H,23,25). The molecule has 5 rings (SSSR count). The van der Waals surface area contributed by atoms with Crippen LogP contribution in [-0.4, -0.2) is 33.3 Å². The van der Waals surface area contributed by atoms with E-state index in [9.17, 15) is 14.4 Å². The zero-order valence-electron chi connectivity index (χ0n) is 14.7. The minimum atomic E-state index is -0.581. The number of carbonyl (C=O) groups is 3. The van der Waals surface area contributed by atoms with Crippen molar-refractivity contribution in [1.82, 2.24) is 10.2 Å². The van der Waals surface area contributed by atoms with Gasteiger partial charge >= 0.3 is 0 Å². The van der Waals surface area contributed by atoms with Crippen LogP contribution in [0.3, 0.4) is 0 Å². The summed E-state index contributed by atoms with van der Waals surface area (Å²) in [5.74, 6) is -1.80. The number of ketones is 3. The van der Waals surface area contributed by atoms with Gasteiger partial charge in [-0.15, -0.1) is 0 Å². The number of benzene rings is 1. The highest BCUT2D eigenvalue weighted by Crippen LogP contribution is 2.46. The molecule has 1 fully saturated rings. The number of nitriles is 1. The maximum Gasteiger partial charge on any atom is 0.230 e. The molecule has 2 atom stereocenters. The lowest BCUT2D eigenvalue weighted by Crippen LogP contribution is -2.41. The molecule has 1 aromatic heterocycles. The van der Waals surface area contributed by atoms with Gasteiger partial charge in [0.2, 0.25) is 5.78 Å². The fourth-order valence-corrected chi connectivity index (χ4v) is 4.40. The average Bonchev–Trinajstić information content (AvgIpc) is 3.21. The first-order valence-corrected chi connectivity index (χ1v) is 9.07. The Balaban J connectivity index is 1.75. The van der Waals surface area contributed by atoms with E-state index < -0.39 is 11.8 Å². The molecule has 2 unspecified atom stereocenters. The minimum absolute atomic E-state index is 0.0316. The number of hydrogen-bond acceptors (Lipinski definition) is 6. The highest BCUT2D eigenvalue weighted by Gasteiger charge is 2.48. The summed E-state index contributed by atoms with van der Waals surface area (Å²) < 4.78 is 0. The smallest absolute Gasteiger partial charge is 0.230 e.